The Morgan fingerprint density at radius 3 is 0.409 bits per heavy atom. The number of aliphatic hydroxyl groups excluding tert-OH is 18. The highest BCUT2D eigenvalue weighted by atomic mass is 16.8. The van der Waals surface area contributed by atoms with Gasteiger partial charge in [-0.05, 0) is 0 Å². The van der Waals surface area contributed by atoms with E-state index in [1.165, 1.54) is 0 Å². The molecule has 0 radical (unpaired) electrons. The van der Waals surface area contributed by atoms with Gasteiger partial charge in [-0.25, -0.2) is 0 Å². The van der Waals surface area contributed by atoms with Gasteiger partial charge in [-0.1, -0.05) is 0 Å². The third-order valence-corrected chi connectivity index (χ3v) is 12.7. The van der Waals surface area contributed by atoms with E-state index in [1.54, 1.807) is 0 Å². The van der Waals surface area contributed by atoms with E-state index in [0.717, 1.165) is 0 Å². The lowest BCUT2D eigenvalue weighted by Gasteiger charge is -2.50. The highest BCUT2D eigenvalue weighted by Gasteiger charge is 2.58. The molecule has 0 aliphatic carbocycles. The molecule has 0 aromatic carbocycles. The first-order valence-corrected chi connectivity index (χ1v) is 21.1. The zero-order chi connectivity index (χ0) is 48.0. The summed E-state index contributed by atoms with van der Waals surface area (Å²) in [6.45, 7) is -5.99. The number of hydrogen-bond acceptors (Lipinski definition) is 30. The van der Waals surface area contributed by atoms with Gasteiger partial charge in [-0.3, -0.25) is 0 Å². The van der Waals surface area contributed by atoms with Gasteiger partial charge in [-0.15, -0.1) is 0 Å². The molecule has 22 aliphatic rings. The first-order valence-electron chi connectivity index (χ1n) is 21.1. The third-order valence-electron chi connectivity index (χ3n) is 12.7. The van der Waals surface area contributed by atoms with Crippen LogP contribution < -0.4 is 0 Å². The molecule has 12 bridgehead atoms. The molecule has 22 fully saturated rings. The maximum absolute atomic E-state index is 11.2. The molecule has 8 unspecified atom stereocenters. The number of aliphatic hydroxyl groups is 18. The second kappa shape index (κ2) is 22.1. The van der Waals surface area contributed by atoms with Gasteiger partial charge in [0.25, 0.3) is 0 Å². The molecular weight excluding hydrogens is 912 g/mol. The van der Waals surface area contributed by atoms with Crippen LogP contribution in [-0.2, 0) is 56.8 Å². The van der Waals surface area contributed by atoms with Crippen LogP contribution in [0.2, 0.25) is 0 Å². The Morgan fingerprint density at radius 2 is 0.303 bits per heavy atom. The summed E-state index contributed by atoms with van der Waals surface area (Å²) in [5, 5.41) is 196. The molecule has 0 aromatic rings. The summed E-state index contributed by atoms with van der Waals surface area (Å²) in [5.41, 5.74) is 0. The minimum Gasteiger partial charge on any atom is -0.394 e. The molecule has 66 heavy (non-hydrogen) atoms. The van der Waals surface area contributed by atoms with Crippen LogP contribution in [0.15, 0.2) is 0 Å². The summed E-state index contributed by atoms with van der Waals surface area (Å²) in [5.74, 6) is 0. The monoisotopic (exact) mass is 972 g/mol. The molecule has 18 N–H and O–H groups in total. The highest BCUT2D eigenvalue weighted by molar-refractivity contribution is 5.01. The van der Waals surface area contributed by atoms with Gasteiger partial charge in [-0.2, -0.15) is 0 Å². The lowest BCUT2D eigenvalue weighted by atomic mass is 9.94. The van der Waals surface area contributed by atoms with Crippen LogP contribution in [0.5, 0.6) is 0 Å². The molecule has 30 heteroatoms. The van der Waals surface area contributed by atoms with Crippen LogP contribution in [0.4, 0.5) is 0 Å². The molecule has 22 heterocycles. The second-order valence-corrected chi connectivity index (χ2v) is 16.8. The van der Waals surface area contributed by atoms with Crippen LogP contribution in [-0.4, -0.2) is 316 Å². The smallest absolute Gasteiger partial charge is 0.187 e. The Kier molecular flexibility index (Phi) is 17.6. The van der Waals surface area contributed by atoms with E-state index in [4.69, 9.17) is 56.8 Å². The van der Waals surface area contributed by atoms with Gasteiger partial charge >= 0.3 is 0 Å². The van der Waals surface area contributed by atoms with Gasteiger partial charge < -0.3 is 149 Å². The quantitative estimate of drug-likeness (QED) is 0.117. The van der Waals surface area contributed by atoms with Crippen LogP contribution >= 0.6 is 0 Å². The van der Waals surface area contributed by atoms with E-state index in [1.807, 2.05) is 0 Å². The first kappa shape index (κ1) is 52.6. The van der Waals surface area contributed by atoms with Crippen LogP contribution in [0, 0.1) is 0 Å². The van der Waals surface area contributed by atoms with Gasteiger partial charge in [0.05, 0.1) is 39.6 Å². The molecule has 0 saturated carbocycles. The summed E-state index contributed by atoms with van der Waals surface area (Å²) in [7, 11) is 0. The molecule has 384 valence electrons. The Bertz CT molecular complexity index is 1230. The maximum Gasteiger partial charge on any atom is 0.187 e. The van der Waals surface area contributed by atoms with E-state index < -0.39 is 224 Å². The van der Waals surface area contributed by atoms with E-state index in [-0.39, 0.29) is 0 Å². The van der Waals surface area contributed by atoms with Crippen molar-refractivity contribution in [2.24, 2.45) is 0 Å². The Labute approximate surface area is 372 Å². The fraction of sp³-hybridized carbons (Fsp3) is 1.00. The molecule has 22 aliphatic heterocycles. The summed E-state index contributed by atoms with van der Waals surface area (Å²) in [4.78, 5) is 0. The lowest BCUT2D eigenvalue weighted by molar-refractivity contribution is -0.404. The highest BCUT2D eigenvalue weighted by Crippen LogP contribution is 2.38. The minimum absolute atomic E-state index is 0.999. The average molecular weight is 973 g/mol. The van der Waals surface area contributed by atoms with Crippen molar-refractivity contribution >= 4 is 0 Å². The largest absolute Gasteiger partial charge is 0.394 e. The summed E-state index contributed by atoms with van der Waals surface area (Å²) in [6.07, 6.45) is -58.5. The maximum atomic E-state index is 11.2. The predicted molar refractivity (Wildman–Crippen MR) is 196 cm³/mol. The molecule has 30 nitrogen and oxygen atoms in total. The molecule has 30 atom stereocenters. The van der Waals surface area contributed by atoms with Gasteiger partial charge in [0.1, 0.15) is 146 Å². The molecular formula is C36H60O30. The van der Waals surface area contributed by atoms with Gasteiger partial charge in [0.15, 0.2) is 37.7 Å². The van der Waals surface area contributed by atoms with Gasteiger partial charge in [0, 0.05) is 0 Å². The van der Waals surface area contributed by atoms with E-state index >= 15 is 0 Å². The Balaban J connectivity index is 1.19. The standard InChI is InChI=1S/C36H60O30/c37-1-7-25-13(43)19(49)31(55-7)62-26-8(2-38)57-33(21(51)15(26)45)64-28-10(4-40)59-35(23(53)17(28)47)66-30-12(6-42)60-36(24(54)18(30)48)65-29-11(5-41)58-34(22(52)16(29)46)63-27-9(3-39)56-32(61-25)20(50)14(27)44/h7-54H,1-6H2/t7-,8-,9-,10-,11-,12-,13-,14-,15-,16-,17-,18-,19-,20-,21-,22-,23-,24-,25-,26-,27?,28?,29-,30-,31?,32?,33?,34?,35?,36?/m1/s1. The van der Waals surface area contributed by atoms with Crippen molar-refractivity contribution in [3.63, 3.8) is 0 Å². The van der Waals surface area contributed by atoms with Crippen LogP contribution in [0.3, 0.4) is 0 Å². The predicted octanol–water partition coefficient (Wildman–Crippen LogP) is -13.1. The minimum atomic E-state index is -2.15. The van der Waals surface area contributed by atoms with Crippen molar-refractivity contribution in [3.8, 4) is 0 Å². The summed E-state index contributed by atoms with van der Waals surface area (Å²) in [6, 6.07) is 0. The zero-order valence-corrected chi connectivity index (χ0v) is 34.5. The Morgan fingerprint density at radius 1 is 0.182 bits per heavy atom. The van der Waals surface area contributed by atoms with Crippen LogP contribution in [0.25, 0.3) is 0 Å². The molecule has 22 rings (SSSR count). The number of rotatable bonds is 6. The van der Waals surface area contributed by atoms with Gasteiger partial charge in [0.2, 0.25) is 0 Å². The van der Waals surface area contributed by atoms with E-state index in [0.29, 0.717) is 0 Å². The van der Waals surface area contributed by atoms with Crippen molar-refractivity contribution < 1.29 is 149 Å². The fourth-order valence-corrected chi connectivity index (χ4v) is 8.93. The Hall–Kier alpha value is -1.20. The summed E-state index contributed by atoms with van der Waals surface area (Å²) >= 11 is 0. The number of hydrogen-bond donors (Lipinski definition) is 18. The lowest BCUT2D eigenvalue weighted by Crippen LogP contribution is -2.69. The molecule has 0 aromatic heterocycles. The summed E-state index contributed by atoms with van der Waals surface area (Å²) < 4.78 is 67.9. The van der Waals surface area contributed by atoms with Crippen molar-refractivity contribution in [1.82, 2.24) is 0 Å². The third kappa shape index (κ3) is 10.0. The molecule has 22 saturated heterocycles. The van der Waals surface area contributed by atoms with E-state index in [9.17, 15) is 91.9 Å². The first-order chi connectivity index (χ1) is 31.4. The molecule has 0 amide bonds. The van der Waals surface area contributed by atoms with Crippen molar-refractivity contribution in [2.75, 3.05) is 39.6 Å². The SMILES string of the molecule is OC[C@H]1OC2O[C@H]3[C@H](O)[C@@H](O)C(O[C@H]4[C@H](O)[C@@H](O)C(OC5[C@@H](CO)OC(O[C@H]6[C@H](O)[C@@H](O)C(O[C@H]7[C@H](O)[C@@H](O)C(OC1[C@H](O)[C@H]2O)O[C@@H]7CO)O[C@@H]6CO)[C@H](O)[C@H]5O)O[C@@H]4CO)O[C@@H]3CO. The van der Waals surface area contributed by atoms with E-state index in [2.05, 4.69) is 0 Å². The molecule has 0 spiro atoms. The zero-order valence-electron chi connectivity index (χ0n) is 34.5. The van der Waals surface area contributed by atoms with Crippen LogP contribution in [0.1, 0.15) is 0 Å². The van der Waals surface area contributed by atoms with Crippen molar-refractivity contribution in [3.05, 3.63) is 0 Å². The second-order valence-electron chi connectivity index (χ2n) is 16.8. The number of ether oxygens (including phenoxy) is 12. The van der Waals surface area contributed by atoms with Crippen molar-refractivity contribution in [1.29, 1.82) is 0 Å². The van der Waals surface area contributed by atoms with Crippen molar-refractivity contribution in [2.45, 2.75) is 184 Å². The average Bonchev–Trinajstić information content (AvgIpc) is 3.31. The fourth-order valence-electron chi connectivity index (χ4n) is 8.93. The normalized spacial score (nSPS) is 55.4. The topological polar surface area (TPSA) is 475 Å².